The third-order valence-electron chi connectivity index (χ3n) is 9.76. The second-order valence-corrected chi connectivity index (χ2v) is 13.1. The molecule has 0 spiro atoms. The van der Waals surface area contributed by atoms with Gasteiger partial charge in [-0.05, 0) is 74.8 Å². The Balaban J connectivity index is 1.18. The maximum absolute atomic E-state index is 9.22. The number of fused-ring (bicyclic) bond motifs is 5. The van der Waals surface area contributed by atoms with E-state index in [9.17, 15) is 5.26 Å². The van der Waals surface area contributed by atoms with Crippen LogP contribution in [0, 0.1) is 11.3 Å². The van der Waals surface area contributed by atoms with Gasteiger partial charge in [-0.1, -0.05) is 140 Å². The quantitative estimate of drug-likeness (QED) is 0.185. The zero-order valence-corrected chi connectivity index (χ0v) is 28.8. The van der Waals surface area contributed by atoms with E-state index < -0.39 is 0 Å². The van der Waals surface area contributed by atoms with Crippen LogP contribution in [0.1, 0.15) is 27.8 Å². The molecule has 0 saturated heterocycles. The second kappa shape index (κ2) is 13.9. The van der Waals surface area contributed by atoms with Crippen molar-refractivity contribution in [1.82, 2.24) is 15.0 Å². The van der Waals surface area contributed by atoms with Crippen molar-refractivity contribution in [1.29, 1.82) is 5.26 Å². The Bertz CT molecular complexity index is 2640. The van der Waals surface area contributed by atoms with Gasteiger partial charge in [0.25, 0.3) is 0 Å². The van der Waals surface area contributed by atoms with E-state index in [4.69, 9.17) is 19.7 Å². The van der Waals surface area contributed by atoms with Gasteiger partial charge < -0.3 is 4.74 Å². The lowest BCUT2D eigenvalue weighted by Gasteiger charge is -2.16. The smallest absolute Gasteiger partial charge is 0.164 e. The zero-order chi connectivity index (χ0) is 35.6. The molecule has 2 heterocycles. The first-order valence-electron chi connectivity index (χ1n) is 17.7. The molecule has 0 unspecified atom stereocenters. The molecule has 0 radical (unpaired) electrons. The molecule has 0 fully saturated rings. The molecule has 9 rings (SSSR count). The van der Waals surface area contributed by atoms with Crippen molar-refractivity contribution in [3.63, 3.8) is 0 Å². The summed E-state index contributed by atoms with van der Waals surface area (Å²) in [7, 11) is 0. The maximum atomic E-state index is 9.22. The number of nitrogens with zero attached hydrogens (tertiary/aromatic N) is 4. The SMILES string of the molecule is N#Cc1ccc(-c2ccc(-c3nc(-c4ccccc4)nc(-c4ccc5c(c4)Cc4ccccc4Oc4ccccc4Cc4ccccc4-5)n3)cc2)cc1. The number of ether oxygens (including phenoxy) is 1. The summed E-state index contributed by atoms with van der Waals surface area (Å²) in [5, 5.41) is 9.22. The van der Waals surface area contributed by atoms with Crippen LogP contribution >= 0.6 is 0 Å². The molecule has 0 amide bonds. The van der Waals surface area contributed by atoms with Gasteiger partial charge in [-0.3, -0.25) is 0 Å². The topological polar surface area (TPSA) is 71.7 Å². The van der Waals surface area contributed by atoms with Gasteiger partial charge in [0.15, 0.2) is 17.5 Å². The van der Waals surface area contributed by atoms with E-state index in [1.807, 2.05) is 78.9 Å². The van der Waals surface area contributed by atoms with Crippen molar-refractivity contribution in [3.8, 4) is 74.0 Å². The highest BCUT2D eigenvalue weighted by Crippen LogP contribution is 2.38. The standard InChI is InChI=1S/C48H32N4O/c49-31-32-18-20-33(21-19-32)34-22-24-36(25-23-34)47-50-46(35-10-2-1-3-11-35)51-48(52-47)40-26-27-43-41(30-40)29-39-14-6-9-17-45(39)53-44-16-8-5-13-38(44)28-37-12-4-7-15-42(37)43/h1-27,30H,28-29H2. The Labute approximate surface area is 308 Å². The Morgan fingerprint density at radius 2 is 0.849 bits per heavy atom. The molecule has 0 N–H and O–H groups in total. The summed E-state index contributed by atoms with van der Waals surface area (Å²) in [5.74, 6) is 3.53. The van der Waals surface area contributed by atoms with E-state index in [0.29, 0.717) is 29.5 Å². The molecule has 1 aliphatic heterocycles. The van der Waals surface area contributed by atoms with Gasteiger partial charge in [-0.25, -0.2) is 15.0 Å². The maximum Gasteiger partial charge on any atom is 0.164 e. The monoisotopic (exact) mass is 680 g/mol. The van der Waals surface area contributed by atoms with Crippen LogP contribution in [0.3, 0.4) is 0 Å². The minimum absolute atomic E-state index is 0.596. The average molecular weight is 681 g/mol. The Morgan fingerprint density at radius 1 is 0.396 bits per heavy atom. The van der Waals surface area contributed by atoms with Gasteiger partial charge in [0.2, 0.25) is 0 Å². The molecule has 5 heteroatoms. The Kier molecular flexibility index (Phi) is 8.32. The van der Waals surface area contributed by atoms with Crippen LogP contribution in [0.2, 0.25) is 0 Å². The summed E-state index contributed by atoms with van der Waals surface area (Å²) in [4.78, 5) is 15.1. The third-order valence-corrected chi connectivity index (χ3v) is 9.76. The minimum Gasteiger partial charge on any atom is -0.457 e. The molecule has 0 aliphatic carbocycles. The van der Waals surface area contributed by atoms with Crippen molar-refractivity contribution in [3.05, 3.63) is 198 Å². The summed E-state index contributed by atoms with van der Waals surface area (Å²) in [6, 6.07) is 59.9. The molecule has 53 heavy (non-hydrogen) atoms. The molecular formula is C48H32N4O. The van der Waals surface area contributed by atoms with Gasteiger partial charge >= 0.3 is 0 Å². The highest BCUT2D eigenvalue weighted by atomic mass is 16.5. The first kappa shape index (κ1) is 31.8. The van der Waals surface area contributed by atoms with Gasteiger partial charge in [-0.2, -0.15) is 5.26 Å². The molecule has 7 aromatic carbocycles. The lowest BCUT2D eigenvalue weighted by atomic mass is 9.89. The van der Waals surface area contributed by atoms with E-state index in [1.54, 1.807) is 0 Å². The summed E-state index contributed by atoms with van der Waals surface area (Å²) in [6.07, 6.45) is 1.41. The molecule has 1 aromatic heterocycles. The molecule has 0 saturated carbocycles. The third kappa shape index (κ3) is 6.46. The lowest BCUT2D eigenvalue weighted by Crippen LogP contribution is -2.02. The molecule has 250 valence electrons. The van der Waals surface area contributed by atoms with Gasteiger partial charge in [0.1, 0.15) is 11.5 Å². The lowest BCUT2D eigenvalue weighted by molar-refractivity contribution is 0.472. The van der Waals surface area contributed by atoms with Crippen LogP contribution in [0.25, 0.3) is 56.4 Å². The van der Waals surface area contributed by atoms with Gasteiger partial charge in [-0.15, -0.1) is 0 Å². The van der Waals surface area contributed by atoms with Crippen molar-refractivity contribution < 1.29 is 4.74 Å². The molecule has 0 atom stereocenters. The van der Waals surface area contributed by atoms with Crippen LogP contribution in [0.4, 0.5) is 0 Å². The predicted molar refractivity (Wildman–Crippen MR) is 210 cm³/mol. The molecule has 0 bridgehead atoms. The van der Waals surface area contributed by atoms with E-state index >= 15 is 0 Å². The van der Waals surface area contributed by atoms with Crippen LogP contribution in [0.5, 0.6) is 11.5 Å². The average Bonchev–Trinajstić information content (AvgIpc) is 3.25. The largest absolute Gasteiger partial charge is 0.457 e. The number of hydrogen-bond donors (Lipinski definition) is 0. The highest BCUT2D eigenvalue weighted by Gasteiger charge is 2.19. The summed E-state index contributed by atoms with van der Waals surface area (Å²) in [6.45, 7) is 0. The zero-order valence-electron chi connectivity index (χ0n) is 28.8. The van der Waals surface area contributed by atoms with E-state index in [-0.39, 0.29) is 0 Å². The summed E-state index contributed by atoms with van der Waals surface area (Å²) < 4.78 is 6.65. The van der Waals surface area contributed by atoms with Gasteiger partial charge in [0, 0.05) is 29.5 Å². The van der Waals surface area contributed by atoms with E-state index in [0.717, 1.165) is 62.4 Å². The molecule has 5 nitrogen and oxygen atoms in total. The van der Waals surface area contributed by atoms with Crippen molar-refractivity contribution >= 4 is 0 Å². The Morgan fingerprint density at radius 3 is 1.49 bits per heavy atom. The van der Waals surface area contributed by atoms with Gasteiger partial charge in [0.05, 0.1) is 11.6 Å². The number of rotatable bonds is 4. The summed E-state index contributed by atoms with van der Waals surface area (Å²) >= 11 is 0. The highest BCUT2D eigenvalue weighted by molar-refractivity contribution is 5.77. The van der Waals surface area contributed by atoms with E-state index in [2.05, 4.69) is 97.1 Å². The predicted octanol–water partition coefficient (Wildman–Crippen LogP) is 11.4. The molecular weight excluding hydrogens is 649 g/mol. The van der Waals surface area contributed by atoms with Crippen LogP contribution < -0.4 is 4.74 Å². The molecule has 1 aliphatic rings. The fourth-order valence-corrected chi connectivity index (χ4v) is 7.01. The first-order valence-corrected chi connectivity index (χ1v) is 17.7. The normalized spacial score (nSPS) is 11.8. The van der Waals surface area contributed by atoms with Crippen molar-refractivity contribution in [2.75, 3.05) is 0 Å². The minimum atomic E-state index is 0.596. The molecule has 8 aromatic rings. The first-order chi connectivity index (χ1) is 26.2. The number of benzene rings is 7. The van der Waals surface area contributed by atoms with Crippen molar-refractivity contribution in [2.45, 2.75) is 12.8 Å². The van der Waals surface area contributed by atoms with Crippen LogP contribution in [-0.4, -0.2) is 15.0 Å². The summed E-state index contributed by atoms with van der Waals surface area (Å²) in [5.41, 5.74) is 12.5. The number of hydrogen-bond acceptors (Lipinski definition) is 5. The number of para-hydroxylation sites is 2. The Hall–Kier alpha value is -7.16. The fraction of sp³-hybridized carbons (Fsp3) is 0.0417. The van der Waals surface area contributed by atoms with Crippen LogP contribution in [-0.2, 0) is 12.8 Å². The fourth-order valence-electron chi connectivity index (χ4n) is 7.01. The number of aromatic nitrogens is 3. The van der Waals surface area contributed by atoms with E-state index in [1.165, 1.54) is 16.7 Å². The van der Waals surface area contributed by atoms with Crippen molar-refractivity contribution in [2.24, 2.45) is 0 Å². The second-order valence-electron chi connectivity index (χ2n) is 13.1. The van der Waals surface area contributed by atoms with Crippen LogP contribution in [0.15, 0.2) is 170 Å². The number of nitriles is 1.